The van der Waals surface area contributed by atoms with Crippen LogP contribution in [0, 0.1) is 5.82 Å². The highest BCUT2D eigenvalue weighted by Crippen LogP contribution is 2.21. The van der Waals surface area contributed by atoms with E-state index in [1.807, 2.05) is 12.1 Å². The summed E-state index contributed by atoms with van der Waals surface area (Å²) in [5.41, 5.74) is 6.39. The van der Waals surface area contributed by atoms with Crippen LogP contribution < -0.4 is 10.5 Å². The van der Waals surface area contributed by atoms with Gasteiger partial charge in [0.25, 0.3) is 0 Å². The lowest BCUT2D eigenvalue weighted by Crippen LogP contribution is -2.51. The van der Waals surface area contributed by atoms with Gasteiger partial charge in [-0.1, -0.05) is 12.1 Å². The maximum atomic E-state index is 14.1. The molecule has 1 saturated heterocycles. The van der Waals surface area contributed by atoms with Crippen molar-refractivity contribution in [2.45, 2.75) is 19.5 Å². The van der Waals surface area contributed by atoms with Gasteiger partial charge < -0.3 is 10.5 Å². The molecule has 1 fully saturated rings. The SMILES string of the molecule is COc1cccc(CN2CCN(C(C)CN)CC2)c1F. The van der Waals surface area contributed by atoms with Crippen molar-refractivity contribution in [3.8, 4) is 5.75 Å². The number of hydrogen-bond donors (Lipinski definition) is 1. The van der Waals surface area contributed by atoms with E-state index in [-0.39, 0.29) is 5.82 Å². The van der Waals surface area contributed by atoms with E-state index in [9.17, 15) is 4.39 Å². The van der Waals surface area contributed by atoms with Crippen molar-refractivity contribution in [2.24, 2.45) is 5.73 Å². The van der Waals surface area contributed by atoms with Crippen molar-refractivity contribution in [3.63, 3.8) is 0 Å². The molecule has 1 aromatic rings. The molecule has 0 aromatic heterocycles. The molecule has 1 unspecified atom stereocenters. The van der Waals surface area contributed by atoms with E-state index in [0.717, 1.165) is 26.2 Å². The van der Waals surface area contributed by atoms with E-state index in [4.69, 9.17) is 10.5 Å². The lowest BCUT2D eigenvalue weighted by molar-refractivity contribution is 0.0996. The van der Waals surface area contributed by atoms with Crippen molar-refractivity contribution in [1.82, 2.24) is 9.80 Å². The number of hydrogen-bond acceptors (Lipinski definition) is 4. The van der Waals surface area contributed by atoms with Gasteiger partial charge in [0.05, 0.1) is 7.11 Å². The molecule has 0 bridgehead atoms. The van der Waals surface area contributed by atoms with Crippen LogP contribution in [0.25, 0.3) is 0 Å². The first-order chi connectivity index (χ1) is 9.65. The molecule has 0 spiro atoms. The molecular formula is C15H24FN3O. The van der Waals surface area contributed by atoms with Crippen molar-refractivity contribution in [1.29, 1.82) is 0 Å². The zero-order valence-corrected chi connectivity index (χ0v) is 12.3. The lowest BCUT2D eigenvalue weighted by Gasteiger charge is -2.37. The van der Waals surface area contributed by atoms with Crippen LogP contribution in [0.5, 0.6) is 5.75 Å². The van der Waals surface area contributed by atoms with Crippen LogP contribution in [-0.2, 0) is 6.54 Å². The summed E-state index contributed by atoms with van der Waals surface area (Å²) < 4.78 is 19.1. The molecule has 0 saturated carbocycles. The van der Waals surface area contributed by atoms with Crippen LogP contribution in [0.1, 0.15) is 12.5 Å². The van der Waals surface area contributed by atoms with Crippen LogP contribution in [0.15, 0.2) is 18.2 Å². The Kier molecular flexibility index (Phi) is 5.34. The highest BCUT2D eigenvalue weighted by Gasteiger charge is 2.21. The Morgan fingerprint density at radius 2 is 2.00 bits per heavy atom. The van der Waals surface area contributed by atoms with Gasteiger partial charge in [-0.15, -0.1) is 0 Å². The number of benzene rings is 1. The zero-order valence-electron chi connectivity index (χ0n) is 12.3. The van der Waals surface area contributed by atoms with Crippen LogP contribution in [0.4, 0.5) is 4.39 Å². The molecule has 1 aliphatic rings. The Morgan fingerprint density at radius 3 is 2.60 bits per heavy atom. The summed E-state index contributed by atoms with van der Waals surface area (Å²) in [5.74, 6) is 0.0747. The van der Waals surface area contributed by atoms with Gasteiger partial charge in [-0.3, -0.25) is 9.80 Å². The van der Waals surface area contributed by atoms with Crippen LogP contribution in [0.2, 0.25) is 0 Å². The number of nitrogens with two attached hydrogens (primary N) is 1. The second kappa shape index (κ2) is 7.02. The monoisotopic (exact) mass is 281 g/mol. The number of nitrogens with zero attached hydrogens (tertiary/aromatic N) is 2. The van der Waals surface area contributed by atoms with E-state index in [0.29, 0.717) is 30.4 Å². The lowest BCUT2D eigenvalue weighted by atomic mass is 10.1. The molecule has 5 heteroatoms. The Balaban J connectivity index is 1.93. The highest BCUT2D eigenvalue weighted by molar-refractivity contribution is 5.31. The maximum absolute atomic E-state index is 14.1. The molecule has 0 radical (unpaired) electrons. The Hall–Kier alpha value is -1.17. The first-order valence-electron chi connectivity index (χ1n) is 7.13. The third-order valence-corrected chi connectivity index (χ3v) is 4.03. The average Bonchev–Trinajstić information content (AvgIpc) is 2.49. The minimum Gasteiger partial charge on any atom is -0.494 e. The Morgan fingerprint density at radius 1 is 1.30 bits per heavy atom. The number of halogens is 1. The van der Waals surface area contributed by atoms with Crippen molar-refractivity contribution >= 4 is 0 Å². The summed E-state index contributed by atoms with van der Waals surface area (Å²) in [5, 5.41) is 0. The summed E-state index contributed by atoms with van der Waals surface area (Å²) in [6.07, 6.45) is 0. The fourth-order valence-corrected chi connectivity index (χ4v) is 2.59. The quantitative estimate of drug-likeness (QED) is 0.883. The molecule has 2 rings (SSSR count). The summed E-state index contributed by atoms with van der Waals surface area (Å²) in [6, 6.07) is 5.74. The van der Waals surface area contributed by atoms with Crippen LogP contribution in [-0.4, -0.2) is 55.7 Å². The molecule has 1 aromatic carbocycles. The number of rotatable bonds is 5. The smallest absolute Gasteiger partial charge is 0.169 e. The van der Waals surface area contributed by atoms with E-state index >= 15 is 0 Å². The summed E-state index contributed by atoms with van der Waals surface area (Å²) in [6.45, 7) is 7.34. The second-order valence-electron chi connectivity index (χ2n) is 5.33. The van der Waals surface area contributed by atoms with Gasteiger partial charge >= 0.3 is 0 Å². The Labute approximate surface area is 120 Å². The van der Waals surface area contributed by atoms with Crippen LogP contribution in [0.3, 0.4) is 0 Å². The number of methoxy groups -OCH3 is 1. The van der Waals surface area contributed by atoms with E-state index in [1.54, 1.807) is 6.07 Å². The van der Waals surface area contributed by atoms with E-state index < -0.39 is 0 Å². The molecule has 1 heterocycles. The van der Waals surface area contributed by atoms with Gasteiger partial charge in [0.2, 0.25) is 0 Å². The predicted octanol–water partition coefficient (Wildman–Crippen LogP) is 1.30. The fourth-order valence-electron chi connectivity index (χ4n) is 2.59. The van der Waals surface area contributed by atoms with Gasteiger partial charge in [0.15, 0.2) is 11.6 Å². The minimum atomic E-state index is -0.243. The number of piperazine rings is 1. The molecule has 1 atom stereocenters. The third kappa shape index (κ3) is 3.48. The fraction of sp³-hybridized carbons (Fsp3) is 0.600. The number of ether oxygens (including phenoxy) is 1. The molecular weight excluding hydrogens is 257 g/mol. The molecule has 20 heavy (non-hydrogen) atoms. The molecule has 1 aliphatic heterocycles. The van der Waals surface area contributed by atoms with Gasteiger partial charge in [-0.25, -0.2) is 4.39 Å². The van der Waals surface area contributed by atoms with Crippen molar-refractivity contribution in [2.75, 3.05) is 39.8 Å². The molecule has 2 N–H and O–H groups in total. The maximum Gasteiger partial charge on any atom is 0.169 e. The summed E-state index contributed by atoms with van der Waals surface area (Å²) >= 11 is 0. The standard InChI is InChI=1S/C15H24FN3O/c1-12(10-17)19-8-6-18(7-9-19)11-13-4-3-5-14(20-2)15(13)16/h3-5,12H,6-11,17H2,1-2H3. The normalized spacial score (nSPS) is 19.0. The van der Waals surface area contributed by atoms with Gasteiger partial charge in [0, 0.05) is 50.9 Å². The largest absolute Gasteiger partial charge is 0.494 e. The van der Waals surface area contributed by atoms with Gasteiger partial charge in [-0.2, -0.15) is 0 Å². The van der Waals surface area contributed by atoms with Gasteiger partial charge in [-0.05, 0) is 13.0 Å². The van der Waals surface area contributed by atoms with Crippen molar-refractivity contribution in [3.05, 3.63) is 29.6 Å². The topological polar surface area (TPSA) is 41.7 Å². The third-order valence-electron chi connectivity index (χ3n) is 4.03. The molecule has 0 amide bonds. The molecule has 0 aliphatic carbocycles. The van der Waals surface area contributed by atoms with E-state index in [1.165, 1.54) is 7.11 Å². The summed E-state index contributed by atoms with van der Waals surface area (Å²) in [7, 11) is 1.50. The van der Waals surface area contributed by atoms with Crippen molar-refractivity contribution < 1.29 is 9.13 Å². The van der Waals surface area contributed by atoms with E-state index in [2.05, 4.69) is 16.7 Å². The van der Waals surface area contributed by atoms with Gasteiger partial charge in [0.1, 0.15) is 0 Å². The first kappa shape index (κ1) is 15.2. The van der Waals surface area contributed by atoms with Crippen LogP contribution >= 0.6 is 0 Å². The first-order valence-corrected chi connectivity index (χ1v) is 7.13. The Bertz CT molecular complexity index is 433. The summed E-state index contributed by atoms with van der Waals surface area (Å²) in [4.78, 5) is 4.66. The minimum absolute atomic E-state index is 0.243. The molecule has 4 nitrogen and oxygen atoms in total. The second-order valence-corrected chi connectivity index (χ2v) is 5.33. The molecule has 112 valence electrons. The zero-order chi connectivity index (χ0) is 14.5. The highest BCUT2D eigenvalue weighted by atomic mass is 19.1. The predicted molar refractivity (Wildman–Crippen MR) is 78.3 cm³/mol. The average molecular weight is 281 g/mol.